The largest absolute Gasteiger partial charge is 0.496 e. The molecule has 5 rings (SSSR count). The molecule has 378 valence electrons. The number of hydrogen-bond donors (Lipinski definition) is 3. The number of methoxy groups -OCH3 is 1. The number of anilines is 1. The van der Waals surface area contributed by atoms with Gasteiger partial charge in [-0.1, -0.05) is 35.3 Å². The number of hydrogen-bond acceptors (Lipinski definition) is 13. The van der Waals surface area contributed by atoms with Gasteiger partial charge in [-0.3, -0.25) is 4.79 Å². The van der Waals surface area contributed by atoms with Crippen LogP contribution in [0, 0.1) is 0 Å². The van der Waals surface area contributed by atoms with Crippen molar-refractivity contribution >= 4 is 46.9 Å². The van der Waals surface area contributed by atoms with Crippen LogP contribution in [0.2, 0.25) is 10.0 Å². The number of nitrogens with one attached hydrogen (secondary N) is 3. The standard InChI is InChI=1S/C49H66Cl2N6O12/c1-48(2,3)56(7)45(58)43-40-32-68-42-31-41(61-8)38(30-39(42)44(40)57(55-43)37-28-34(50)27-35(51)29-37)33-9-11-36(12-10-33)54-46(59)52-13-15-62-17-19-64-21-23-66-25-26-67-24-22-65-20-18-63-16-14-53-47(60)69-49(4,5)6/h9-12,27-31H,13-26,32H2,1-8H3,(H,53,60)(H2,52,54,59). The minimum absolute atomic E-state index is 0.107. The number of benzene rings is 3. The van der Waals surface area contributed by atoms with Crippen LogP contribution in [-0.4, -0.2) is 150 Å². The van der Waals surface area contributed by atoms with E-state index in [2.05, 4.69) is 16.0 Å². The molecule has 0 radical (unpaired) electrons. The van der Waals surface area contributed by atoms with Gasteiger partial charge < -0.3 is 63.5 Å². The molecule has 2 heterocycles. The molecule has 18 nitrogen and oxygen atoms in total. The molecule has 1 aromatic heterocycles. The maximum absolute atomic E-state index is 13.9. The molecule has 4 aromatic rings. The number of fused-ring (bicyclic) bond motifs is 3. The van der Waals surface area contributed by atoms with Gasteiger partial charge in [0.15, 0.2) is 5.69 Å². The monoisotopic (exact) mass is 1000 g/mol. The Hall–Kier alpha value is -5.18. The second kappa shape index (κ2) is 26.7. The fourth-order valence-corrected chi connectivity index (χ4v) is 7.16. The Morgan fingerprint density at radius 1 is 0.710 bits per heavy atom. The average molecular weight is 1000 g/mol. The van der Waals surface area contributed by atoms with E-state index in [0.717, 1.165) is 11.1 Å². The van der Waals surface area contributed by atoms with Gasteiger partial charge in [-0.15, -0.1) is 0 Å². The number of rotatable bonds is 26. The summed E-state index contributed by atoms with van der Waals surface area (Å²) < 4.78 is 52.0. The number of ether oxygens (including phenoxy) is 9. The number of urea groups is 1. The number of carbonyl (C=O) groups is 3. The molecular weight excluding hydrogens is 935 g/mol. The van der Waals surface area contributed by atoms with Gasteiger partial charge in [-0.25, -0.2) is 14.3 Å². The molecule has 4 amide bonds. The summed E-state index contributed by atoms with van der Waals surface area (Å²) in [6.07, 6.45) is -0.469. The highest BCUT2D eigenvalue weighted by Gasteiger charge is 2.35. The van der Waals surface area contributed by atoms with Crippen LogP contribution in [0.4, 0.5) is 15.3 Å². The minimum Gasteiger partial charge on any atom is -0.496 e. The number of alkyl carbamates (subject to hydrolysis) is 1. The molecule has 0 aliphatic carbocycles. The number of carbonyl (C=O) groups excluding carboxylic acids is 3. The Kier molecular flexibility index (Phi) is 21.2. The first-order chi connectivity index (χ1) is 32.9. The lowest BCUT2D eigenvalue weighted by Crippen LogP contribution is -2.43. The SMILES string of the molecule is COc1cc2c(cc1-c1ccc(NC(=O)NCCOCCOCCOCCOCCOCCOCCNC(=O)OC(C)(C)C)cc1)-c1c(c(C(=O)N(C)C(C)(C)C)nn1-c1cc(Cl)cc(Cl)c1)CO2. The van der Waals surface area contributed by atoms with Crippen LogP contribution >= 0.6 is 23.2 Å². The van der Waals surface area contributed by atoms with Crippen LogP contribution in [0.5, 0.6) is 11.5 Å². The molecule has 0 saturated heterocycles. The number of nitrogens with zero attached hydrogens (tertiary/aromatic N) is 3. The van der Waals surface area contributed by atoms with Gasteiger partial charge in [0, 0.05) is 64.2 Å². The summed E-state index contributed by atoms with van der Waals surface area (Å²) in [6.45, 7) is 16.9. The zero-order valence-electron chi connectivity index (χ0n) is 40.8. The lowest BCUT2D eigenvalue weighted by atomic mass is 9.95. The molecule has 3 aromatic carbocycles. The van der Waals surface area contributed by atoms with E-state index in [4.69, 9.17) is 70.9 Å². The number of aromatic nitrogens is 2. The Morgan fingerprint density at radius 3 is 1.74 bits per heavy atom. The topological polar surface area (TPSA) is 191 Å². The highest BCUT2D eigenvalue weighted by molar-refractivity contribution is 6.34. The van der Waals surface area contributed by atoms with Crippen molar-refractivity contribution in [3.8, 4) is 39.6 Å². The van der Waals surface area contributed by atoms with Crippen LogP contribution in [0.25, 0.3) is 28.1 Å². The molecule has 3 N–H and O–H groups in total. The van der Waals surface area contributed by atoms with Crippen molar-refractivity contribution in [1.82, 2.24) is 25.3 Å². The Bertz CT molecular complexity index is 2280. The third-order valence-electron chi connectivity index (χ3n) is 10.3. The van der Waals surface area contributed by atoms with E-state index in [9.17, 15) is 14.4 Å². The maximum atomic E-state index is 13.9. The minimum atomic E-state index is -0.533. The van der Waals surface area contributed by atoms with Gasteiger partial charge in [0.1, 0.15) is 23.7 Å². The molecular formula is C49H66Cl2N6O12. The second-order valence-electron chi connectivity index (χ2n) is 17.6. The van der Waals surface area contributed by atoms with Crippen LogP contribution in [0.1, 0.15) is 57.6 Å². The third kappa shape index (κ3) is 17.3. The maximum Gasteiger partial charge on any atom is 0.407 e. The molecule has 0 bridgehead atoms. The second-order valence-corrected chi connectivity index (χ2v) is 18.5. The summed E-state index contributed by atoms with van der Waals surface area (Å²) >= 11 is 12.9. The lowest BCUT2D eigenvalue weighted by Gasteiger charge is -2.31. The molecule has 0 saturated carbocycles. The summed E-state index contributed by atoms with van der Waals surface area (Å²) in [5.41, 5.74) is 3.98. The fraction of sp³-hybridized carbons (Fsp3) is 0.510. The summed E-state index contributed by atoms with van der Waals surface area (Å²) in [5, 5.41) is 14.0. The fourth-order valence-electron chi connectivity index (χ4n) is 6.64. The van der Waals surface area contributed by atoms with Crippen molar-refractivity contribution in [2.75, 3.05) is 112 Å². The van der Waals surface area contributed by atoms with Crippen LogP contribution < -0.4 is 25.4 Å². The lowest BCUT2D eigenvalue weighted by molar-refractivity contribution is -0.0164. The van der Waals surface area contributed by atoms with Gasteiger partial charge in [0.05, 0.1) is 97.8 Å². The molecule has 1 aliphatic heterocycles. The van der Waals surface area contributed by atoms with E-state index in [0.29, 0.717) is 142 Å². The molecule has 0 atom stereocenters. The van der Waals surface area contributed by atoms with Crippen LogP contribution in [0.3, 0.4) is 0 Å². The van der Waals surface area contributed by atoms with Gasteiger partial charge in [0.25, 0.3) is 5.91 Å². The normalized spacial score (nSPS) is 12.1. The first-order valence-corrected chi connectivity index (χ1v) is 23.5. The van der Waals surface area contributed by atoms with Gasteiger partial charge >= 0.3 is 12.1 Å². The highest BCUT2D eigenvalue weighted by atomic mass is 35.5. The average Bonchev–Trinajstić information content (AvgIpc) is 3.69. The summed E-state index contributed by atoms with van der Waals surface area (Å²) in [6, 6.07) is 15.9. The van der Waals surface area contributed by atoms with Crippen molar-refractivity contribution in [3.05, 3.63) is 75.9 Å². The quantitative estimate of drug-likeness (QED) is 0.0513. The summed E-state index contributed by atoms with van der Waals surface area (Å²) in [7, 11) is 3.34. The Labute approximate surface area is 414 Å². The van der Waals surface area contributed by atoms with Crippen molar-refractivity contribution in [2.45, 2.75) is 59.3 Å². The van der Waals surface area contributed by atoms with E-state index >= 15 is 0 Å². The highest BCUT2D eigenvalue weighted by Crippen LogP contribution is 2.46. The van der Waals surface area contributed by atoms with Gasteiger partial charge in [0.2, 0.25) is 0 Å². The predicted molar refractivity (Wildman–Crippen MR) is 263 cm³/mol. The van der Waals surface area contributed by atoms with E-state index < -0.39 is 17.2 Å². The van der Waals surface area contributed by atoms with Gasteiger partial charge in [-0.05, 0) is 83.5 Å². The summed E-state index contributed by atoms with van der Waals surface area (Å²) in [5.74, 6) is 0.871. The van der Waals surface area contributed by atoms with Crippen LogP contribution in [0.15, 0.2) is 54.6 Å². The number of amides is 4. The first kappa shape index (κ1) is 54.8. The Morgan fingerprint density at radius 2 is 1.23 bits per heavy atom. The number of halogens is 2. The van der Waals surface area contributed by atoms with E-state index in [1.54, 1.807) is 54.1 Å². The van der Waals surface area contributed by atoms with Gasteiger partial charge in [-0.2, -0.15) is 5.10 Å². The van der Waals surface area contributed by atoms with Crippen molar-refractivity contribution in [2.24, 2.45) is 0 Å². The van der Waals surface area contributed by atoms with Crippen LogP contribution in [-0.2, 0) is 39.8 Å². The zero-order chi connectivity index (χ0) is 50.0. The zero-order valence-corrected chi connectivity index (χ0v) is 42.3. The smallest absolute Gasteiger partial charge is 0.407 e. The third-order valence-corrected chi connectivity index (χ3v) is 10.7. The van der Waals surface area contributed by atoms with E-state index in [-0.39, 0.29) is 24.2 Å². The van der Waals surface area contributed by atoms with Crippen molar-refractivity contribution in [1.29, 1.82) is 0 Å². The molecule has 20 heteroatoms. The Balaban J connectivity index is 0.985. The van der Waals surface area contributed by atoms with E-state index in [1.807, 2.05) is 65.8 Å². The molecule has 0 fully saturated rings. The predicted octanol–water partition coefficient (Wildman–Crippen LogP) is 8.03. The molecule has 1 aliphatic rings. The molecule has 0 unspecified atom stereocenters. The molecule has 0 spiro atoms. The first-order valence-electron chi connectivity index (χ1n) is 22.8. The summed E-state index contributed by atoms with van der Waals surface area (Å²) in [4.78, 5) is 39.9. The van der Waals surface area contributed by atoms with Crippen molar-refractivity contribution in [3.63, 3.8) is 0 Å². The molecule has 69 heavy (non-hydrogen) atoms. The van der Waals surface area contributed by atoms with E-state index in [1.165, 1.54) is 0 Å². The van der Waals surface area contributed by atoms with Crippen molar-refractivity contribution < 1.29 is 57.0 Å².